The maximum Gasteiger partial charge on any atom is 0.411 e. The molecule has 0 spiro atoms. The number of nitrogens with two attached hydrogens (primary N) is 1. The molecule has 1 rings (SSSR count). The molecule has 0 atom stereocenters. The van der Waals surface area contributed by atoms with Gasteiger partial charge in [-0.25, -0.2) is 4.79 Å². The molecule has 0 aliphatic carbocycles. The van der Waals surface area contributed by atoms with Crippen molar-refractivity contribution in [1.29, 1.82) is 0 Å². The van der Waals surface area contributed by atoms with Crippen molar-refractivity contribution in [2.24, 2.45) is 0 Å². The maximum absolute atomic E-state index is 11.1. The molecule has 1 aromatic rings. The Labute approximate surface area is 83.1 Å². The van der Waals surface area contributed by atoms with Crippen LogP contribution in [-0.2, 0) is 4.74 Å². The number of hydrogen-bond donors (Lipinski definition) is 2. The van der Waals surface area contributed by atoms with Gasteiger partial charge < -0.3 is 10.5 Å². The van der Waals surface area contributed by atoms with Crippen LogP contribution in [-0.4, -0.2) is 12.2 Å². The van der Waals surface area contributed by atoms with Crippen molar-refractivity contribution in [2.75, 3.05) is 11.1 Å². The minimum Gasteiger partial charge on any atom is -0.447 e. The normalized spacial score (nSPS) is 9.93. The summed E-state index contributed by atoms with van der Waals surface area (Å²) in [5, 5.41) is 2.58. The van der Waals surface area contributed by atoms with E-state index in [0.29, 0.717) is 11.4 Å². The zero-order valence-corrected chi connectivity index (χ0v) is 8.28. The number of amides is 1. The summed E-state index contributed by atoms with van der Waals surface area (Å²) in [5.74, 6) is 0. The fraction of sp³-hybridized carbons (Fsp3) is 0.300. The van der Waals surface area contributed by atoms with Crippen LogP contribution in [0.1, 0.15) is 13.8 Å². The molecule has 0 aromatic heterocycles. The molecule has 1 amide bonds. The molecule has 0 heterocycles. The molecule has 0 aliphatic rings. The smallest absolute Gasteiger partial charge is 0.411 e. The van der Waals surface area contributed by atoms with Gasteiger partial charge in [0.2, 0.25) is 0 Å². The predicted octanol–water partition coefficient (Wildman–Crippen LogP) is 2.23. The lowest BCUT2D eigenvalue weighted by Gasteiger charge is -2.09. The van der Waals surface area contributed by atoms with E-state index in [-0.39, 0.29) is 6.10 Å². The van der Waals surface area contributed by atoms with E-state index in [1.807, 2.05) is 0 Å². The molecule has 0 unspecified atom stereocenters. The first kappa shape index (κ1) is 10.4. The Morgan fingerprint density at radius 3 is 2.43 bits per heavy atom. The minimum absolute atomic E-state index is 0.121. The highest BCUT2D eigenvalue weighted by atomic mass is 16.6. The third kappa shape index (κ3) is 3.35. The van der Waals surface area contributed by atoms with E-state index in [4.69, 9.17) is 10.5 Å². The number of anilines is 2. The molecule has 0 bridgehead atoms. The molecule has 14 heavy (non-hydrogen) atoms. The first-order chi connectivity index (χ1) is 6.58. The first-order valence-corrected chi connectivity index (χ1v) is 4.41. The van der Waals surface area contributed by atoms with Crippen molar-refractivity contribution in [2.45, 2.75) is 20.0 Å². The Hall–Kier alpha value is -1.71. The lowest BCUT2D eigenvalue weighted by atomic mass is 10.3. The van der Waals surface area contributed by atoms with Crippen LogP contribution in [0.2, 0.25) is 0 Å². The van der Waals surface area contributed by atoms with Crippen molar-refractivity contribution >= 4 is 17.5 Å². The van der Waals surface area contributed by atoms with Gasteiger partial charge in [0.1, 0.15) is 0 Å². The summed E-state index contributed by atoms with van der Waals surface area (Å²) in [5.41, 5.74) is 6.83. The summed E-state index contributed by atoms with van der Waals surface area (Å²) in [6.45, 7) is 3.59. The Kier molecular flexibility index (Phi) is 3.34. The highest BCUT2D eigenvalue weighted by molar-refractivity contribution is 5.84. The molecular weight excluding hydrogens is 180 g/mol. The van der Waals surface area contributed by atoms with E-state index in [2.05, 4.69) is 5.32 Å². The quantitative estimate of drug-likeness (QED) is 0.709. The van der Waals surface area contributed by atoms with E-state index in [0.717, 1.165) is 0 Å². The summed E-state index contributed by atoms with van der Waals surface area (Å²) in [6, 6.07) is 6.86. The van der Waals surface area contributed by atoms with E-state index in [9.17, 15) is 4.79 Å². The van der Waals surface area contributed by atoms with Gasteiger partial charge in [-0.2, -0.15) is 0 Å². The van der Waals surface area contributed by atoms with Crippen LogP contribution >= 0.6 is 0 Å². The second-order valence-corrected chi connectivity index (χ2v) is 3.20. The van der Waals surface area contributed by atoms with Crippen LogP contribution in [0.25, 0.3) is 0 Å². The zero-order valence-electron chi connectivity index (χ0n) is 8.28. The summed E-state index contributed by atoms with van der Waals surface area (Å²) in [7, 11) is 0. The zero-order chi connectivity index (χ0) is 10.6. The molecule has 0 aliphatic heterocycles. The molecular formula is C10H14N2O2. The topological polar surface area (TPSA) is 64.3 Å². The van der Waals surface area contributed by atoms with E-state index in [1.54, 1.807) is 38.1 Å². The standard InChI is InChI=1S/C10H14N2O2/c1-7(2)14-10(13)12-9-5-3-8(11)4-6-9/h3-7H,11H2,1-2H3,(H,12,13). The van der Waals surface area contributed by atoms with Gasteiger partial charge in [-0.3, -0.25) is 5.32 Å². The number of hydrogen-bond acceptors (Lipinski definition) is 3. The Morgan fingerprint density at radius 1 is 1.36 bits per heavy atom. The van der Waals surface area contributed by atoms with Gasteiger partial charge in [0.25, 0.3) is 0 Å². The van der Waals surface area contributed by atoms with Crippen molar-refractivity contribution in [3.63, 3.8) is 0 Å². The number of ether oxygens (including phenoxy) is 1. The molecule has 4 heteroatoms. The largest absolute Gasteiger partial charge is 0.447 e. The van der Waals surface area contributed by atoms with Crippen molar-refractivity contribution in [3.05, 3.63) is 24.3 Å². The van der Waals surface area contributed by atoms with Crippen LogP contribution in [0.5, 0.6) is 0 Å². The second-order valence-electron chi connectivity index (χ2n) is 3.20. The Morgan fingerprint density at radius 2 is 1.93 bits per heavy atom. The summed E-state index contributed by atoms with van der Waals surface area (Å²) in [4.78, 5) is 11.1. The average molecular weight is 194 g/mol. The van der Waals surface area contributed by atoms with Crippen molar-refractivity contribution < 1.29 is 9.53 Å². The summed E-state index contributed by atoms with van der Waals surface area (Å²) >= 11 is 0. The van der Waals surface area contributed by atoms with E-state index >= 15 is 0 Å². The summed E-state index contributed by atoms with van der Waals surface area (Å²) in [6.07, 6.45) is -0.575. The lowest BCUT2D eigenvalue weighted by Crippen LogP contribution is -2.17. The van der Waals surface area contributed by atoms with Crippen molar-refractivity contribution in [1.82, 2.24) is 0 Å². The first-order valence-electron chi connectivity index (χ1n) is 4.41. The SMILES string of the molecule is CC(C)OC(=O)Nc1ccc(N)cc1. The molecule has 0 saturated carbocycles. The van der Waals surface area contributed by atoms with Gasteiger partial charge in [-0.1, -0.05) is 0 Å². The van der Waals surface area contributed by atoms with Crippen LogP contribution in [0.3, 0.4) is 0 Å². The van der Waals surface area contributed by atoms with Gasteiger partial charge >= 0.3 is 6.09 Å². The molecule has 1 aromatic carbocycles. The highest BCUT2D eigenvalue weighted by Gasteiger charge is 2.04. The number of benzene rings is 1. The molecule has 76 valence electrons. The van der Waals surface area contributed by atoms with E-state index in [1.165, 1.54) is 0 Å². The average Bonchev–Trinajstić information content (AvgIpc) is 2.07. The van der Waals surface area contributed by atoms with E-state index < -0.39 is 6.09 Å². The van der Waals surface area contributed by atoms with Crippen LogP contribution < -0.4 is 11.1 Å². The number of nitrogens with one attached hydrogen (secondary N) is 1. The summed E-state index contributed by atoms with van der Waals surface area (Å²) < 4.78 is 4.90. The molecule has 0 fully saturated rings. The Balaban J connectivity index is 2.52. The second kappa shape index (κ2) is 4.50. The predicted molar refractivity (Wildman–Crippen MR) is 56.1 cm³/mol. The Bertz CT molecular complexity index is 306. The number of rotatable bonds is 2. The third-order valence-corrected chi connectivity index (χ3v) is 1.50. The molecule has 4 nitrogen and oxygen atoms in total. The van der Waals surface area contributed by atoms with Crippen molar-refractivity contribution in [3.8, 4) is 0 Å². The molecule has 0 saturated heterocycles. The van der Waals surface area contributed by atoms with Gasteiger partial charge in [0.05, 0.1) is 6.10 Å². The lowest BCUT2D eigenvalue weighted by molar-refractivity contribution is 0.130. The maximum atomic E-state index is 11.1. The fourth-order valence-electron chi connectivity index (χ4n) is 0.928. The van der Waals surface area contributed by atoms with Gasteiger partial charge in [-0.05, 0) is 38.1 Å². The van der Waals surface area contributed by atoms with Crippen LogP contribution in [0, 0.1) is 0 Å². The number of carbonyl (C=O) groups excluding carboxylic acids is 1. The van der Waals surface area contributed by atoms with Crippen LogP contribution in [0.15, 0.2) is 24.3 Å². The highest BCUT2D eigenvalue weighted by Crippen LogP contribution is 2.10. The van der Waals surface area contributed by atoms with Crippen LogP contribution in [0.4, 0.5) is 16.2 Å². The third-order valence-electron chi connectivity index (χ3n) is 1.50. The van der Waals surface area contributed by atoms with Gasteiger partial charge in [0, 0.05) is 11.4 Å². The molecule has 0 radical (unpaired) electrons. The fourth-order valence-corrected chi connectivity index (χ4v) is 0.928. The number of carbonyl (C=O) groups is 1. The number of nitrogen functional groups attached to an aromatic ring is 1. The minimum atomic E-state index is -0.454. The van der Waals surface area contributed by atoms with Gasteiger partial charge in [-0.15, -0.1) is 0 Å². The van der Waals surface area contributed by atoms with Gasteiger partial charge in [0.15, 0.2) is 0 Å². The molecule has 3 N–H and O–H groups in total. The monoisotopic (exact) mass is 194 g/mol.